The van der Waals surface area contributed by atoms with E-state index in [9.17, 15) is 4.79 Å². The largest absolute Gasteiger partial charge is 0.462 e. The number of aryl methyl sites for hydroxylation is 1. The summed E-state index contributed by atoms with van der Waals surface area (Å²) in [6.07, 6.45) is 1.38. The van der Waals surface area contributed by atoms with E-state index in [0.717, 1.165) is 15.6 Å². The zero-order valence-corrected chi connectivity index (χ0v) is 13.8. The van der Waals surface area contributed by atoms with Gasteiger partial charge in [-0.15, -0.1) is 0 Å². The summed E-state index contributed by atoms with van der Waals surface area (Å²) in [5.41, 5.74) is 1.95. The van der Waals surface area contributed by atoms with Gasteiger partial charge in [0.05, 0.1) is 6.61 Å². The Labute approximate surface area is 137 Å². The maximum Gasteiger partial charge on any atom is 0.349 e. The number of carbonyl (C=O) groups excluding carboxylic acids is 1. The maximum absolute atomic E-state index is 11.6. The minimum Gasteiger partial charge on any atom is -0.462 e. The molecule has 4 nitrogen and oxygen atoms in total. The van der Waals surface area contributed by atoms with Crippen LogP contribution in [0.3, 0.4) is 0 Å². The fourth-order valence-electron chi connectivity index (χ4n) is 1.88. The number of benzene rings is 1. The summed E-state index contributed by atoms with van der Waals surface area (Å²) < 4.78 is 11.4. The summed E-state index contributed by atoms with van der Waals surface area (Å²) in [7, 11) is 0. The van der Waals surface area contributed by atoms with Gasteiger partial charge in [0.25, 0.3) is 0 Å². The Kier molecular flexibility index (Phi) is 5.18. The van der Waals surface area contributed by atoms with Crippen molar-refractivity contribution in [3.63, 3.8) is 0 Å². The molecule has 0 bridgehead atoms. The number of nitriles is 1. The fraction of sp³-hybridized carbons (Fsp3) is 0.176. The van der Waals surface area contributed by atoms with Crippen LogP contribution in [0.2, 0.25) is 0 Å². The lowest BCUT2D eigenvalue weighted by Crippen LogP contribution is -2.05. The van der Waals surface area contributed by atoms with Crippen LogP contribution in [0.1, 0.15) is 18.2 Å². The molecule has 2 rings (SSSR count). The number of ether oxygens (including phenoxy) is 1. The van der Waals surface area contributed by atoms with E-state index in [-0.39, 0.29) is 12.2 Å². The molecule has 22 heavy (non-hydrogen) atoms. The van der Waals surface area contributed by atoms with Crippen LogP contribution in [0.5, 0.6) is 0 Å². The van der Waals surface area contributed by atoms with Crippen molar-refractivity contribution in [1.82, 2.24) is 0 Å². The van der Waals surface area contributed by atoms with E-state index in [1.807, 2.05) is 31.2 Å². The minimum absolute atomic E-state index is 0.0919. The van der Waals surface area contributed by atoms with Gasteiger partial charge in [0, 0.05) is 16.1 Å². The van der Waals surface area contributed by atoms with Crippen LogP contribution < -0.4 is 0 Å². The van der Waals surface area contributed by atoms with Gasteiger partial charge >= 0.3 is 5.97 Å². The molecule has 0 saturated heterocycles. The van der Waals surface area contributed by atoms with E-state index in [1.54, 1.807) is 19.1 Å². The molecule has 0 aliphatic carbocycles. The number of esters is 1. The molecule has 2 aromatic rings. The molecule has 0 amide bonds. The lowest BCUT2D eigenvalue weighted by molar-refractivity contribution is -0.137. The van der Waals surface area contributed by atoms with Gasteiger partial charge in [-0.2, -0.15) is 5.26 Å². The topological polar surface area (TPSA) is 63.2 Å². The molecule has 0 saturated carbocycles. The minimum atomic E-state index is -0.653. The molecule has 1 heterocycles. The molecule has 0 fully saturated rings. The van der Waals surface area contributed by atoms with Gasteiger partial charge in [0.2, 0.25) is 0 Å². The first-order chi connectivity index (χ1) is 10.5. The molecular formula is C17H14BrNO3. The molecule has 0 aliphatic rings. The second kappa shape index (κ2) is 7.10. The van der Waals surface area contributed by atoms with Crippen molar-refractivity contribution >= 4 is 28.0 Å². The van der Waals surface area contributed by atoms with Crippen LogP contribution >= 0.6 is 15.9 Å². The molecule has 1 aromatic carbocycles. The number of halogens is 1. The first kappa shape index (κ1) is 16.1. The third-order valence-electron chi connectivity index (χ3n) is 2.92. The van der Waals surface area contributed by atoms with Crippen LogP contribution in [-0.2, 0) is 9.53 Å². The zero-order chi connectivity index (χ0) is 16.1. The number of hydrogen-bond acceptors (Lipinski definition) is 4. The van der Waals surface area contributed by atoms with Gasteiger partial charge in [0.1, 0.15) is 23.2 Å². The van der Waals surface area contributed by atoms with Gasteiger partial charge in [-0.05, 0) is 43.7 Å². The summed E-state index contributed by atoms with van der Waals surface area (Å²) in [6, 6.07) is 11.2. The Hall–Kier alpha value is -2.32. The second-order valence-corrected chi connectivity index (χ2v) is 5.43. The summed E-state index contributed by atoms with van der Waals surface area (Å²) in [4.78, 5) is 11.6. The number of rotatable bonds is 4. The van der Waals surface area contributed by atoms with E-state index < -0.39 is 5.97 Å². The Morgan fingerprint density at radius 3 is 2.82 bits per heavy atom. The van der Waals surface area contributed by atoms with Crippen molar-refractivity contribution in [3.05, 3.63) is 51.7 Å². The SMILES string of the molecule is CCOC(=O)/C(C#N)=C/c1ccc(-c2ccc(C)cc2Br)o1. The standard InChI is InChI=1S/C17H14BrNO3/c1-3-21-17(20)12(10-19)9-13-5-7-16(22-13)14-6-4-11(2)8-15(14)18/h4-9H,3H2,1-2H3/b12-9+. The van der Waals surface area contributed by atoms with E-state index in [4.69, 9.17) is 14.4 Å². The fourth-order valence-corrected chi connectivity index (χ4v) is 2.57. The van der Waals surface area contributed by atoms with Crippen molar-refractivity contribution < 1.29 is 13.9 Å². The van der Waals surface area contributed by atoms with Crippen molar-refractivity contribution in [2.45, 2.75) is 13.8 Å². The van der Waals surface area contributed by atoms with Gasteiger partial charge in [-0.3, -0.25) is 0 Å². The van der Waals surface area contributed by atoms with E-state index >= 15 is 0 Å². The van der Waals surface area contributed by atoms with Crippen molar-refractivity contribution in [3.8, 4) is 17.4 Å². The van der Waals surface area contributed by atoms with E-state index in [2.05, 4.69) is 15.9 Å². The lowest BCUT2D eigenvalue weighted by Gasteiger charge is -2.02. The van der Waals surface area contributed by atoms with Gasteiger partial charge < -0.3 is 9.15 Å². The van der Waals surface area contributed by atoms with Crippen molar-refractivity contribution in [2.24, 2.45) is 0 Å². The summed E-state index contributed by atoms with van der Waals surface area (Å²) >= 11 is 3.50. The lowest BCUT2D eigenvalue weighted by atomic mass is 10.1. The first-order valence-electron chi connectivity index (χ1n) is 6.70. The maximum atomic E-state index is 11.6. The van der Waals surface area contributed by atoms with Crippen LogP contribution in [0.15, 0.2) is 44.8 Å². The average Bonchev–Trinajstić information content (AvgIpc) is 2.93. The van der Waals surface area contributed by atoms with E-state index in [1.165, 1.54) is 6.08 Å². The van der Waals surface area contributed by atoms with Crippen molar-refractivity contribution in [2.75, 3.05) is 6.61 Å². The molecule has 0 N–H and O–H groups in total. The highest BCUT2D eigenvalue weighted by atomic mass is 79.9. The average molecular weight is 360 g/mol. The third kappa shape index (κ3) is 3.66. The predicted molar refractivity (Wildman–Crippen MR) is 86.8 cm³/mol. The quantitative estimate of drug-likeness (QED) is 0.458. The van der Waals surface area contributed by atoms with Gasteiger partial charge in [0.15, 0.2) is 0 Å². The number of hydrogen-bond donors (Lipinski definition) is 0. The molecule has 1 aromatic heterocycles. The summed E-state index contributed by atoms with van der Waals surface area (Å²) in [5.74, 6) is 0.422. The van der Waals surface area contributed by atoms with Crippen LogP contribution in [0, 0.1) is 18.3 Å². The smallest absolute Gasteiger partial charge is 0.349 e. The molecule has 5 heteroatoms. The van der Waals surface area contributed by atoms with Crippen molar-refractivity contribution in [1.29, 1.82) is 5.26 Å². The normalized spacial score (nSPS) is 11.1. The third-order valence-corrected chi connectivity index (χ3v) is 3.58. The predicted octanol–water partition coefficient (Wildman–Crippen LogP) is 4.49. The highest BCUT2D eigenvalue weighted by Crippen LogP contribution is 2.31. The van der Waals surface area contributed by atoms with Crippen LogP contribution in [0.25, 0.3) is 17.4 Å². The molecule has 0 aliphatic heterocycles. The summed E-state index contributed by atoms with van der Waals surface area (Å²) in [5, 5.41) is 9.01. The van der Waals surface area contributed by atoms with E-state index in [0.29, 0.717) is 11.5 Å². The Morgan fingerprint density at radius 2 is 2.18 bits per heavy atom. The van der Waals surface area contributed by atoms with Crippen LogP contribution in [0.4, 0.5) is 0 Å². The molecule has 0 unspecified atom stereocenters. The molecular weight excluding hydrogens is 346 g/mol. The molecule has 0 atom stereocenters. The summed E-state index contributed by atoms with van der Waals surface area (Å²) in [6.45, 7) is 3.91. The number of nitrogens with zero attached hydrogens (tertiary/aromatic N) is 1. The molecule has 0 radical (unpaired) electrons. The Bertz CT molecular complexity index is 768. The van der Waals surface area contributed by atoms with Gasteiger partial charge in [-0.25, -0.2) is 4.79 Å². The highest BCUT2D eigenvalue weighted by molar-refractivity contribution is 9.10. The van der Waals surface area contributed by atoms with Gasteiger partial charge in [-0.1, -0.05) is 22.0 Å². The molecule has 0 spiro atoms. The number of furan rings is 1. The molecule has 112 valence electrons. The Balaban J connectivity index is 2.32. The monoisotopic (exact) mass is 359 g/mol. The van der Waals surface area contributed by atoms with Crippen LogP contribution in [-0.4, -0.2) is 12.6 Å². The second-order valence-electron chi connectivity index (χ2n) is 4.58. The Morgan fingerprint density at radius 1 is 1.41 bits per heavy atom. The highest BCUT2D eigenvalue weighted by Gasteiger charge is 2.12. The first-order valence-corrected chi connectivity index (χ1v) is 7.49. The number of carbonyl (C=O) groups is 1. The zero-order valence-electron chi connectivity index (χ0n) is 12.2.